The summed E-state index contributed by atoms with van der Waals surface area (Å²) in [4.78, 5) is 12.1. The fourth-order valence-corrected chi connectivity index (χ4v) is 3.62. The van der Waals surface area contributed by atoms with Gasteiger partial charge >= 0.3 is 0 Å². The van der Waals surface area contributed by atoms with Gasteiger partial charge < -0.3 is 14.6 Å². The normalized spacial score (nSPS) is 16.2. The molecule has 0 aliphatic carbocycles. The van der Waals surface area contributed by atoms with Gasteiger partial charge in [-0.25, -0.2) is 5.43 Å². The standard InChI is InChI=1S/C16H12BrIN2O4/c17-10-5-9(15(21)11(18)6-10)7-19-20-16(22)14-8-23-12-3-1-2-4-13(12)24-14/h1-7,14,21H,8H2,(H,20,22)/b19-7+/t14-/m0/s1. The Bertz CT molecular complexity index is 813. The first kappa shape index (κ1) is 17.0. The van der Waals surface area contributed by atoms with E-state index in [-0.39, 0.29) is 12.4 Å². The van der Waals surface area contributed by atoms with Gasteiger partial charge in [-0.15, -0.1) is 0 Å². The van der Waals surface area contributed by atoms with E-state index in [1.165, 1.54) is 6.21 Å². The molecule has 0 fully saturated rings. The first-order valence-corrected chi connectivity index (χ1v) is 8.81. The lowest BCUT2D eigenvalue weighted by Gasteiger charge is -2.24. The highest BCUT2D eigenvalue weighted by molar-refractivity contribution is 14.1. The molecular formula is C16H12BrIN2O4. The Morgan fingerprint density at radius 3 is 2.92 bits per heavy atom. The number of fused-ring (bicyclic) bond motifs is 1. The van der Waals surface area contributed by atoms with E-state index in [0.29, 0.717) is 20.6 Å². The Hall–Kier alpha value is -1.81. The first-order valence-electron chi connectivity index (χ1n) is 6.94. The zero-order valence-electron chi connectivity index (χ0n) is 12.2. The Kier molecular flexibility index (Phi) is 5.24. The number of para-hydroxylation sites is 2. The quantitative estimate of drug-likeness (QED) is 0.384. The number of amides is 1. The highest BCUT2D eigenvalue weighted by Gasteiger charge is 2.27. The molecule has 1 atom stereocenters. The zero-order chi connectivity index (χ0) is 17.1. The SMILES string of the molecule is O=C(N/N=C/c1cc(Br)cc(I)c1O)[C@@H]1COc2ccccc2O1. The van der Waals surface area contributed by atoms with Gasteiger partial charge in [0, 0.05) is 10.0 Å². The lowest BCUT2D eigenvalue weighted by molar-refractivity contribution is -0.130. The van der Waals surface area contributed by atoms with E-state index in [1.54, 1.807) is 30.3 Å². The molecule has 0 saturated carbocycles. The Balaban J connectivity index is 1.64. The van der Waals surface area contributed by atoms with Crippen molar-refractivity contribution in [2.24, 2.45) is 5.10 Å². The van der Waals surface area contributed by atoms with E-state index in [0.717, 1.165) is 4.47 Å². The summed E-state index contributed by atoms with van der Waals surface area (Å²) in [7, 11) is 0. The van der Waals surface area contributed by atoms with E-state index in [1.807, 2.05) is 28.7 Å². The van der Waals surface area contributed by atoms with Crippen LogP contribution in [0.15, 0.2) is 46.0 Å². The largest absolute Gasteiger partial charge is 0.506 e. The summed E-state index contributed by atoms with van der Waals surface area (Å²) >= 11 is 5.36. The number of ether oxygens (including phenoxy) is 2. The summed E-state index contributed by atoms with van der Waals surface area (Å²) < 4.78 is 12.6. The number of hydrogen-bond acceptors (Lipinski definition) is 5. The maximum absolute atomic E-state index is 12.1. The molecule has 1 amide bonds. The number of carbonyl (C=O) groups excluding carboxylic acids is 1. The highest BCUT2D eigenvalue weighted by Crippen LogP contribution is 2.31. The molecule has 1 aliphatic heterocycles. The zero-order valence-corrected chi connectivity index (χ0v) is 15.9. The summed E-state index contributed by atoms with van der Waals surface area (Å²) in [5, 5.41) is 13.8. The molecule has 0 radical (unpaired) electrons. The fraction of sp³-hybridized carbons (Fsp3) is 0.125. The average Bonchev–Trinajstić information content (AvgIpc) is 2.58. The van der Waals surface area contributed by atoms with Gasteiger partial charge in [0.2, 0.25) is 6.10 Å². The van der Waals surface area contributed by atoms with E-state index < -0.39 is 12.0 Å². The van der Waals surface area contributed by atoms with Gasteiger partial charge in [0.1, 0.15) is 12.4 Å². The number of nitrogens with one attached hydrogen (secondary N) is 1. The van der Waals surface area contributed by atoms with Crippen molar-refractivity contribution in [1.29, 1.82) is 0 Å². The molecule has 0 bridgehead atoms. The molecule has 1 aliphatic rings. The predicted molar refractivity (Wildman–Crippen MR) is 101 cm³/mol. The van der Waals surface area contributed by atoms with Crippen LogP contribution in [0.2, 0.25) is 0 Å². The van der Waals surface area contributed by atoms with Crippen molar-refractivity contribution in [2.75, 3.05) is 6.61 Å². The van der Waals surface area contributed by atoms with E-state index in [9.17, 15) is 9.90 Å². The number of phenolic OH excluding ortho intramolecular Hbond substituents is 1. The third-order valence-corrected chi connectivity index (χ3v) is 4.52. The number of nitrogens with zero attached hydrogens (tertiary/aromatic N) is 1. The molecule has 124 valence electrons. The van der Waals surface area contributed by atoms with Crippen LogP contribution in [0, 0.1) is 3.57 Å². The highest BCUT2D eigenvalue weighted by atomic mass is 127. The summed E-state index contributed by atoms with van der Waals surface area (Å²) in [5.74, 6) is 0.804. The Morgan fingerprint density at radius 2 is 2.12 bits per heavy atom. The molecule has 2 N–H and O–H groups in total. The van der Waals surface area contributed by atoms with Crippen LogP contribution in [0.25, 0.3) is 0 Å². The van der Waals surface area contributed by atoms with Crippen LogP contribution in [0.4, 0.5) is 0 Å². The maximum Gasteiger partial charge on any atom is 0.284 e. The summed E-state index contributed by atoms with van der Waals surface area (Å²) in [6.45, 7) is 0.110. The number of halogens is 2. The molecule has 0 aromatic heterocycles. The van der Waals surface area contributed by atoms with Gasteiger partial charge in [-0.1, -0.05) is 28.1 Å². The molecule has 2 aromatic carbocycles. The second kappa shape index (κ2) is 7.39. The molecule has 8 heteroatoms. The van der Waals surface area contributed by atoms with Gasteiger partial charge in [0.05, 0.1) is 9.78 Å². The van der Waals surface area contributed by atoms with Crippen molar-refractivity contribution < 1.29 is 19.4 Å². The number of hydrogen-bond donors (Lipinski definition) is 2. The van der Waals surface area contributed by atoms with Crippen molar-refractivity contribution in [2.45, 2.75) is 6.10 Å². The van der Waals surface area contributed by atoms with Crippen LogP contribution >= 0.6 is 38.5 Å². The number of carbonyl (C=O) groups is 1. The molecule has 1 heterocycles. The number of benzene rings is 2. The molecule has 0 spiro atoms. The van der Waals surface area contributed by atoms with Crippen LogP contribution in [0.1, 0.15) is 5.56 Å². The number of rotatable bonds is 3. The maximum atomic E-state index is 12.1. The molecule has 0 unspecified atom stereocenters. The minimum atomic E-state index is -0.784. The van der Waals surface area contributed by atoms with Crippen LogP contribution in [-0.2, 0) is 4.79 Å². The second-order valence-electron chi connectivity index (χ2n) is 4.92. The predicted octanol–water partition coefficient (Wildman–Crippen LogP) is 3.05. The van der Waals surface area contributed by atoms with Gasteiger partial charge in [-0.05, 0) is 46.9 Å². The molecule has 0 saturated heterocycles. The van der Waals surface area contributed by atoms with Crippen molar-refractivity contribution in [3.63, 3.8) is 0 Å². The third-order valence-electron chi connectivity index (χ3n) is 3.24. The van der Waals surface area contributed by atoms with Crippen LogP contribution in [0.5, 0.6) is 17.2 Å². The van der Waals surface area contributed by atoms with E-state index >= 15 is 0 Å². The summed E-state index contributed by atoms with van der Waals surface area (Å²) in [6, 6.07) is 10.6. The summed E-state index contributed by atoms with van der Waals surface area (Å²) in [5.41, 5.74) is 2.88. The average molecular weight is 503 g/mol. The molecule has 3 rings (SSSR count). The number of hydrazone groups is 1. The van der Waals surface area contributed by atoms with E-state index in [2.05, 4.69) is 26.5 Å². The van der Waals surface area contributed by atoms with Crippen LogP contribution in [0.3, 0.4) is 0 Å². The minimum absolute atomic E-state index is 0.1000. The number of phenols is 1. The van der Waals surface area contributed by atoms with Gasteiger partial charge in [0.25, 0.3) is 5.91 Å². The van der Waals surface area contributed by atoms with Crippen molar-refractivity contribution in [1.82, 2.24) is 5.43 Å². The topological polar surface area (TPSA) is 80.2 Å². The summed E-state index contributed by atoms with van der Waals surface area (Å²) in [6.07, 6.45) is 0.589. The fourth-order valence-electron chi connectivity index (χ4n) is 2.07. The smallest absolute Gasteiger partial charge is 0.284 e. The van der Waals surface area contributed by atoms with Crippen molar-refractivity contribution in [3.05, 3.63) is 50.0 Å². The van der Waals surface area contributed by atoms with Crippen LogP contribution < -0.4 is 14.9 Å². The van der Waals surface area contributed by atoms with Gasteiger partial charge in [0.15, 0.2) is 11.5 Å². The van der Waals surface area contributed by atoms with Crippen LogP contribution in [-0.4, -0.2) is 29.9 Å². The molecule has 2 aromatic rings. The first-order chi connectivity index (χ1) is 11.5. The van der Waals surface area contributed by atoms with E-state index in [4.69, 9.17) is 9.47 Å². The Labute approximate surface area is 160 Å². The monoisotopic (exact) mass is 502 g/mol. The molecular weight excluding hydrogens is 491 g/mol. The van der Waals surface area contributed by atoms with Crippen molar-refractivity contribution >= 4 is 50.6 Å². The van der Waals surface area contributed by atoms with Gasteiger partial charge in [-0.2, -0.15) is 5.10 Å². The molecule has 6 nitrogen and oxygen atoms in total. The lowest BCUT2D eigenvalue weighted by Crippen LogP contribution is -2.42. The second-order valence-corrected chi connectivity index (χ2v) is 7.00. The minimum Gasteiger partial charge on any atom is -0.506 e. The van der Waals surface area contributed by atoms with Gasteiger partial charge in [-0.3, -0.25) is 4.79 Å². The lowest BCUT2D eigenvalue weighted by atomic mass is 10.2. The Morgan fingerprint density at radius 1 is 1.38 bits per heavy atom. The third kappa shape index (κ3) is 3.81. The van der Waals surface area contributed by atoms with Crippen molar-refractivity contribution in [3.8, 4) is 17.2 Å². The molecule has 24 heavy (non-hydrogen) atoms. The number of aromatic hydroxyl groups is 1.